The van der Waals surface area contributed by atoms with Gasteiger partial charge in [-0.25, -0.2) is 4.98 Å². The van der Waals surface area contributed by atoms with E-state index in [-0.39, 0.29) is 18.0 Å². The number of nitrogens with one attached hydrogen (secondary N) is 1. The topological polar surface area (TPSA) is 156 Å². The van der Waals surface area contributed by atoms with E-state index in [1.807, 2.05) is 0 Å². The predicted molar refractivity (Wildman–Crippen MR) is 75.7 cm³/mol. The Morgan fingerprint density at radius 2 is 2.38 bits per heavy atom. The molecule has 1 aliphatic heterocycles. The highest BCUT2D eigenvalue weighted by Crippen LogP contribution is 2.51. The SMILES string of the molecule is Nc1nc2c(ncn2CC2CSC(P(=O)(O)O)O2)c(=O)[nH]1. The monoisotopic (exact) mass is 333 g/mol. The van der Waals surface area contributed by atoms with Crippen molar-refractivity contribution in [3.8, 4) is 0 Å². The Morgan fingerprint density at radius 1 is 1.62 bits per heavy atom. The lowest BCUT2D eigenvalue weighted by molar-refractivity contribution is 0.0778. The maximum Gasteiger partial charge on any atom is 0.364 e. The number of nitrogens with two attached hydrogens (primary N) is 1. The van der Waals surface area contributed by atoms with Crippen molar-refractivity contribution in [3.05, 3.63) is 16.7 Å². The van der Waals surface area contributed by atoms with Gasteiger partial charge in [-0.05, 0) is 0 Å². The molecule has 3 rings (SSSR count). The fourth-order valence-corrected chi connectivity index (χ4v) is 4.19. The molecule has 1 aliphatic rings. The number of fused-ring (bicyclic) bond motifs is 1. The molecular weight excluding hydrogens is 321 g/mol. The van der Waals surface area contributed by atoms with E-state index in [1.54, 1.807) is 4.57 Å². The summed E-state index contributed by atoms with van der Waals surface area (Å²) < 4.78 is 18.0. The maximum atomic E-state index is 11.6. The number of aromatic nitrogens is 4. The number of thioether (sulfide) groups is 1. The highest BCUT2D eigenvalue weighted by Gasteiger charge is 2.38. The first kappa shape index (κ1) is 14.5. The summed E-state index contributed by atoms with van der Waals surface area (Å²) in [5.74, 6) is 0.401. The molecule has 2 unspecified atom stereocenters. The van der Waals surface area contributed by atoms with Crippen molar-refractivity contribution >= 4 is 36.5 Å². The van der Waals surface area contributed by atoms with Crippen LogP contribution in [0, 0.1) is 0 Å². The molecule has 0 aromatic carbocycles. The minimum Gasteiger partial charge on any atom is -0.369 e. The second kappa shape index (κ2) is 5.11. The molecule has 1 fully saturated rings. The summed E-state index contributed by atoms with van der Waals surface area (Å²) >= 11 is 1.06. The van der Waals surface area contributed by atoms with Gasteiger partial charge < -0.3 is 24.8 Å². The highest BCUT2D eigenvalue weighted by molar-refractivity contribution is 8.05. The first-order chi connectivity index (χ1) is 9.84. The van der Waals surface area contributed by atoms with Gasteiger partial charge in [-0.1, -0.05) is 0 Å². The number of rotatable bonds is 3. The van der Waals surface area contributed by atoms with E-state index in [0.29, 0.717) is 11.4 Å². The van der Waals surface area contributed by atoms with Gasteiger partial charge in [0.25, 0.3) is 5.56 Å². The summed E-state index contributed by atoms with van der Waals surface area (Å²) in [6.07, 6.45) is 1.01. The lowest BCUT2D eigenvalue weighted by Crippen LogP contribution is -2.20. The zero-order chi connectivity index (χ0) is 15.2. The van der Waals surface area contributed by atoms with Crippen LogP contribution in [-0.2, 0) is 15.8 Å². The van der Waals surface area contributed by atoms with E-state index in [0.717, 1.165) is 11.8 Å². The third kappa shape index (κ3) is 2.83. The molecule has 10 nitrogen and oxygen atoms in total. The Balaban J connectivity index is 1.84. The quantitative estimate of drug-likeness (QED) is 0.533. The fourth-order valence-electron chi connectivity index (χ4n) is 2.03. The van der Waals surface area contributed by atoms with Gasteiger partial charge in [-0.2, -0.15) is 4.98 Å². The van der Waals surface area contributed by atoms with Crippen LogP contribution in [0.25, 0.3) is 11.2 Å². The summed E-state index contributed by atoms with van der Waals surface area (Å²) in [4.78, 5) is 40.1. The molecule has 2 aromatic heterocycles. The second-order valence-corrected chi connectivity index (χ2v) is 7.60. The number of hydrogen-bond donors (Lipinski definition) is 4. The van der Waals surface area contributed by atoms with Crippen molar-refractivity contribution in [2.75, 3.05) is 11.5 Å². The van der Waals surface area contributed by atoms with Crippen LogP contribution in [0.4, 0.5) is 5.95 Å². The van der Waals surface area contributed by atoms with Crippen LogP contribution < -0.4 is 11.3 Å². The molecule has 0 spiro atoms. The molecule has 3 heterocycles. The summed E-state index contributed by atoms with van der Waals surface area (Å²) in [7, 11) is -4.28. The van der Waals surface area contributed by atoms with Crippen LogP contribution in [0.3, 0.4) is 0 Å². The molecule has 114 valence electrons. The fraction of sp³-hybridized carbons (Fsp3) is 0.444. The number of nitrogens with zero attached hydrogens (tertiary/aromatic N) is 3. The molecule has 0 bridgehead atoms. The van der Waals surface area contributed by atoms with E-state index in [4.69, 9.17) is 20.3 Å². The molecule has 2 atom stereocenters. The van der Waals surface area contributed by atoms with Crippen LogP contribution in [-0.4, -0.2) is 46.3 Å². The van der Waals surface area contributed by atoms with Crippen molar-refractivity contribution in [1.82, 2.24) is 19.5 Å². The number of hydrogen-bond acceptors (Lipinski definition) is 7. The number of imidazole rings is 1. The number of H-pyrrole nitrogens is 1. The first-order valence-electron chi connectivity index (χ1n) is 5.87. The molecule has 2 aromatic rings. The number of aromatic amines is 1. The van der Waals surface area contributed by atoms with Crippen LogP contribution in [0.5, 0.6) is 0 Å². The van der Waals surface area contributed by atoms with Crippen molar-refractivity contribution in [2.24, 2.45) is 0 Å². The molecule has 21 heavy (non-hydrogen) atoms. The lowest BCUT2D eigenvalue weighted by Gasteiger charge is -2.14. The van der Waals surface area contributed by atoms with Gasteiger partial charge in [0.05, 0.1) is 19.0 Å². The Labute approximate surface area is 121 Å². The third-order valence-electron chi connectivity index (χ3n) is 2.90. The van der Waals surface area contributed by atoms with Gasteiger partial charge >= 0.3 is 7.60 Å². The average Bonchev–Trinajstić information content (AvgIpc) is 2.97. The predicted octanol–water partition coefficient (Wildman–Crippen LogP) is -0.705. The minimum atomic E-state index is -4.28. The van der Waals surface area contributed by atoms with Crippen LogP contribution in [0.1, 0.15) is 0 Å². The van der Waals surface area contributed by atoms with Gasteiger partial charge in [0.1, 0.15) is 0 Å². The molecule has 1 saturated heterocycles. The van der Waals surface area contributed by atoms with Crippen molar-refractivity contribution in [1.29, 1.82) is 0 Å². The number of anilines is 1. The standard InChI is InChI=1S/C9H12N5O5PS/c10-8-12-6-5(7(15)13-8)11-3-14(6)1-4-2-21-9(19-4)20(16,17)18/h3-4,9H,1-2H2,(H2,16,17,18)(H3,10,12,13,15). The van der Waals surface area contributed by atoms with Crippen molar-refractivity contribution in [2.45, 2.75) is 17.8 Å². The Hall–Kier alpha value is -1.39. The zero-order valence-electron chi connectivity index (χ0n) is 10.5. The highest BCUT2D eigenvalue weighted by atomic mass is 32.2. The van der Waals surface area contributed by atoms with Crippen molar-refractivity contribution < 1.29 is 19.1 Å². The molecule has 0 amide bonds. The smallest absolute Gasteiger partial charge is 0.364 e. The van der Waals surface area contributed by atoms with Crippen LogP contribution in [0.15, 0.2) is 11.1 Å². The lowest BCUT2D eigenvalue weighted by atomic mass is 10.4. The van der Waals surface area contributed by atoms with E-state index in [9.17, 15) is 9.36 Å². The van der Waals surface area contributed by atoms with E-state index in [2.05, 4.69) is 15.0 Å². The van der Waals surface area contributed by atoms with Gasteiger partial charge in [0.2, 0.25) is 11.1 Å². The van der Waals surface area contributed by atoms with Gasteiger partial charge in [0.15, 0.2) is 11.2 Å². The molecule has 0 radical (unpaired) electrons. The zero-order valence-corrected chi connectivity index (χ0v) is 12.3. The Kier molecular flexibility index (Phi) is 3.54. The summed E-state index contributed by atoms with van der Waals surface area (Å²) in [6.45, 7) is 0.274. The van der Waals surface area contributed by atoms with Gasteiger partial charge in [-0.15, -0.1) is 11.8 Å². The van der Waals surface area contributed by atoms with E-state index < -0.39 is 24.4 Å². The maximum absolute atomic E-state index is 11.6. The molecule has 12 heteroatoms. The third-order valence-corrected chi connectivity index (χ3v) is 5.80. The van der Waals surface area contributed by atoms with Crippen LogP contribution in [0.2, 0.25) is 0 Å². The normalized spacial score (nSPS) is 23.0. The Morgan fingerprint density at radius 3 is 3.05 bits per heavy atom. The summed E-state index contributed by atoms with van der Waals surface area (Å²) in [5.41, 5.74) is 5.52. The number of nitrogen functional groups attached to an aromatic ring is 1. The Bertz CT molecular complexity index is 784. The largest absolute Gasteiger partial charge is 0.369 e. The van der Waals surface area contributed by atoms with E-state index in [1.165, 1.54) is 6.33 Å². The summed E-state index contributed by atoms with van der Waals surface area (Å²) in [5, 5.41) is -1.15. The van der Waals surface area contributed by atoms with E-state index >= 15 is 0 Å². The van der Waals surface area contributed by atoms with Gasteiger partial charge in [-0.3, -0.25) is 14.3 Å². The number of ether oxygens (including phenoxy) is 1. The summed E-state index contributed by atoms with van der Waals surface area (Å²) in [6, 6.07) is 0. The minimum absolute atomic E-state index is 0.0240. The molecule has 0 saturated carbocycles. The molecule has 5 N–H and O–H groups in total. The van der Waals surface area contributed by atoms with Crippen LogP contribution >= 0.6 is 19.4 Å². The molecule has 0 aliphatic carbocycles. The first-order valence-corrected chi connectivity index (χ1v) is 8.60. The molecular formula is C9H12N5O5PS. The second-order valence-electron chi connectivity index (χ2n) is 4.51. The van der Waals surface area contributed by atoms with Gasteiger partial charge in [0, 0.05) is 5.75 Å². The van der Waals surface area contributed by atoms with Crippen molar-refractivity contribution in [3.63, 3.8) is 0 Å². The average molecular weight is 333 g/mol.